The van der Waals surface area contributed by atoms with Crippen LogP contribution in [0.3, 0.4) is 0 Å². The first-order valence-electron chi connectivity index (χ1n) is 4.98. The van der Waals surface area contributed by atoms with E-state index < -0.39 is 0 Å². The summed E-state index contributed by atoms with van der Waals surface area (Å²) < 4.78 is 7.35. The van der Waals surface area contributed by atoms with Gasteiger partial charge in [-0.15, -0.1) is 0 Å². The average molecular weight is 281 g/mol. The van der Waals surface area contributed by atoms with Crippen LogP contribution in [0.2, 0.25) is 0 Å². The third-order valence-corrected chi connectivity index (χ3v) is 3.04. The molecule has 2 aromatic rings. The molecular formula is C12H13BrN2O. The molecule has 0 aliphatic carbocycles. The molecule has 0 amide bonds. The maximum absolute atomic E-state index is 5.38. The van der Waals surface area contributed by atoms with E-state index in [-0.39, 0.29) is 0 Å². The zero-order valence-electron chi connectivity index (χ0n) is 9.27. The molecule has 0 saturated carbocycles. The van der Waals surface area contributed by atoms with Crippen LogP contribution < -0.4 is 4.74 Å². The van der Waals surface area contributed by atoms with Crippen molar-refractivity contribution >= 4 is 15.9 Å². The maximum atomic E-state index is 5.38. The van der Waals surface area contributed by atoms with Crippen molar-refractivity contribution < 1.29 is 4.74 Å². The molecule has 1 heterocycles. The van der Waals surface area contributed by atoms with Gasteiger partial charge in [0.05, 0.1) is 24.8 Å². The van der Waals surface area contributed by atoms with Crippen molar-refractivity contribution in [3.8, 4) is 11.4 Å². The number of imidazole rings is 1. The van der Waals surface area contributed by atoms with E-state index in [4.69, 9.17) is 4.74 Å². The molecule has 0 unspecified atom stereocenters. The molecule has 0 radical (unpaired) electrons. The Balaban J connectivity index is 2.48. The highest BCUT2D eigenvalue weighted by atomic mass is 79.9. The summed E-state index contributed by atoms with van der Waals surface area (Å²) in [7, 11) is 1.68. The minimum atomic E-state index is 0.826. The van der Waals surface area contributed by atoms with Crippen molar-refractivity contribution in [2.24, 2.45) is 0 Å². The van der Waals surface area contributed by atoms with Gasteiger partial charge in [0.25, 0.3) is 0 Å². The first-order valence-corrected chi connectivity index (χ1v) is 6.10. The molecule has 4 heteroatoms. The molecule has 0 N–H and O–H groups in total. The van der Waals surface area contributed by atoms with E-state index in [0.29, 0.717) is 0 Å². The lowest BCUT2D eigenvalue weighted by Gasteiger charge is -2.10. The lowest BCUT2D eigenvalue weighted by atomic mass is 10.2. The van der Waals surface area contributed by atoms with Crippen molar-refractivity contribution in [2.45, 2.75) is 12.3 Å². The number of aryl methyl sites for hydroxylation is 1. The van der Waals surface area contributed by atoms with E-state index in [9.17, 15) is 0 Å². The van der Waals surface area contributed by atoms with Crippen LogP contribution in [0.4, 0.5) is 0 Å². The Bertz CT molecular complexity index is 494. The molecule has 1 aromatic heterocycles. The second kappa shape index (κ2) is 4.70. The number of alkyl halides is 1. The first kappa shape index (κ1) is 11.2. The number of nitrogens with zero attached hydrogens (tertiary/aromatic N) is 2. The highest BCUT2D eigenvalue weighted by Crippen LogP contribution is 2.25. The Labute approximate surface area is 103 Å². The second-order valence-corrected chi connectivity index (χ2v) is 4.12. The average Bonchev–Trinajstić information content (AvgIpc) is 2.74. The van der Waals surface area contributed by atoms with Gasteiger partial charge in [0, 0.05) is 11.5 Å². The molecule has 0 atom stereocenters. The molecule has 2 rings (SSSR count). The Morgan fingerprint density at radius 1 is 1.44 bits per heavy atom. The number of benzene rings is 1. The third kappa shape index (κ3) is 2.11. The number of halogens is 1. The van der Waals surface area contributed by atoms with Crippen LogP contribution in [-0.4, -0.2) is 16.7 Å². The minimum Gasteiger partial charge on any atom is -0.495 e. The summed E-state index contributed by atoms with van der Waals surface area (Å²) in [5, 5.41) is 0.826. The largest absolute Gasteiger partial charge is 0.495 e. The van der Waals surface area contributed by atoms with E-state index in [1.54, 1.807) is 13.4 Å². The third-order valence-electron chi connectivity index (χ3n) is 2.39. The van der Waals surface area contributed by atoms with E-state index in [1.807, 2.05) is 29.8 Å². The van der Waals surface area contributed by atoms with Gasteiger partial charge < -0.3 is 9.30 Å². The molecule has 0 aliphatic heterocycles. The number of hydrogen-bond donors (Lipinski definition) is 0. The molecule has 16 heavy (non-hydrogen) atoms. The summed E-state index contributed by atoms with van der Waals surface area (Å²) in [6.07, 6.45) is 3.77. The number of methoxy groups -OCH3 is 1. The molecular weight excluding hydrogens is 268 g/mol. The summed E-state index contributed by atoms with van der Waals surface area (Å²) >= 11 is 3.43. The quantitative estimate of drug-likeness (QED) is 0.808. The molecule has 0 spiro atoms. The fourth-order valence-corrected chi connectivity index (χ4v) is 1.92. The Kier molecular flexibility index (Phi) is 3.29. The van der Waals surface area contributed by atoms with Crippen molar-refractivity contribution in [1.29, 1.82) is 0 Å². The molecule has 0 saturated heterocycles. The summed E-state index contributed by atoms with van der Waals surface area (Å²) in [5.41, 5.74) is 3.19. The van der Waals surface area contributed by atoms with Gasteiger partial charge in [0.2, 0.25) is 0 Å². The second-order valence-electron chi connectivity index (χ2n) is 3.56. The highest BCUT2D eigenvalue weighted by Gasteiger charge is 2.06. The summed E-state index contributed by atoms with van der Waals surface area (Å²) in [4.78, 5) is 4.21. The van der Waals surface area contributed by atoms with Gasteiger partial charge in [-0.3, -0.25) is 0 Å². The number of aromatic nitrogens is 2. The van der Waals surface area contributed by atoms with Crippen LogP contribution in [-0.2, 0) is 5.33 Å². The van der Waals surface area contributed by atoms with Crippen molar-refractivity contribution in [1.82, 2.24) is 9.55 Å². The molecule has 1 aromatic carbocycles. The fraction of sp³-hybridized carbons (Fsp3) is 0.250. The van der Waals surface area contributed by atoms with Crippen LogP contribution in [0.1, 0.15) is 11.3 Å². The number of rotatable bonds is 3. The Morgan fingerprint density at radius 2 is 2.25 bits per heavy atom. The van der Waals surface area contributed by atoms with Crippen LogP contribution in [0.25, 0.3) is 5.69 Å². The van der Waals surface area contributed by atoms with Crippen LogP contribution in [0.15, 0.2) is 30.7 Å². The fourth-order valence-electron chi connectivity index (χ4n) is 1.57. The van der Waals surface area contributed by atoms with Crippen LogP contribution >= 0.6 is 15.9 Å². The molecule has 0 aliphatic rings. The first-order chi connectivity index (χ1) is 7.74. The standard InChI is InChI=1S/C12H13BrN2O/c1-9-7-15(8-14-9)11-4-3-10(6-13)5-12(11)16-2/h3-5,7-8H,6H2,1-2H3. The van der Waals surface area contributed by atoms with Gasteiger partial charge in [-0.25, -0.2) is 4.98 Å². The highest BCUT2D eigenvalue weighted by molar-refractivity contribution is 9.08. The van der Waals surface area contributed by atoms with Gasteiger partial charge in [0.1, 0.15) is 5.75 Å². The topological polar surface area (TPSA) is 27.1 Å². The van der Waals surface area contributed by atoms with E-state index in [1.165, 1.54) is 5.56 Å². The SMILES string of the molecule is COc1cc(CBr)ccc1-n1cnc(C)c1. The summed E-state index contributed by atoms with van der Waals surface area (Å²) in [6.45, 7) is 1.97. The summed E-state index contributed by atoms with van der Waals surface area (Å²) in [5.74, 6) is 0.856. The van der Waals surface area contributed by atoms with Crippen molar-refractivity contribution in [2.75, 3.05) is 7.11 Å². The van der Waals surface area contributed by atoms with Gasteiger partial charge in [-0.05, 0) is 24.6 Å². The van der Waals surface area contributed by atoms with E-state index >= 15 is 0 Å². The van der Waals surface area contributed by atoms with Crippen LogP contribution in [0.5, 0.6) is 5.75 Å². The molecule has 84 valence electrons. The van der Waals surface area contributed by atoms with Gasteiger partial charge in [-0.1, -0.05) is 22.0 Å². The lowest BCUT2D eigenvalue weighted by molar-refractivity contribution is 0.412. The van der Waals surface area contributed by atoms with Crippen LogP contribution in [0, 0.1) is 6.92 Å². The van der Waals surface area contributed by atoms with E-state index in [0.717, 1.165) is 22.5 Å². The van der Waals surface area contributed by atoms with Gasteiger partial charge in [0.15, 0.2) is 0 Å². The minimum absolute atomic E-state index is 0.826. The van der Waals surface area contributed by atoms with E-state index in [2.05, 4.69) is 27.0 Å². The molecule has 0 fully saturated rings. The predicted octanol–water partition coefficient (Wildman–Crippen LogP) is 3.08. The Hall–Kier alpha value is -1.29. The normalized spacial score (nSPS) is 10.4. The molecule has 0 bridgehead atoms. The van der Waals surface area contributed by atoms with Crippen molar-refractivity contribution in [3.05, 3.63) is 42.0 Å². The number of ether oxygens (including phenoxy) is 1. The zero-order valence-corrected chi connectivity index (χ0v) is 10.9. The summed E-state index contributed by atoms with van der Waals surface area (Å²) in [6, 6.07) is 6.14. The monoisotopic (exact) mass is 280 g/mol. The van der Waals surface area contributed by atoms with Gasteiger partial charge >= 0.3 is 0 Å². The van der Waals surface area contributed by atoms with Gasteiger partial charge in [-0.2, -0.15) is 0 Å². The predicted molar refractivity (Wildman–Crippen MR) is 67.5 cm³/mol. The Morgan fingerprint density at radius 3 is 2.81 bits per heavy atom. The lowest BCUT2D eigenvalue weighted by Crippen LogP contribution is -1.96. The smallest absolute Gasteiger partial charge is 0.143 e. The zero-order chi connectivity index (χ0) is 11.5. The van der Waals surface area contributed by atoms with Crippen molar-refractivity contribution in [3.63, 3.8) is 0 Å². The molecule has 3 nitrogen and oxygen atoms in total. The maximum Gasteiger partial charge on any atom is 0.143 e. The number of hydrogen-bond acceptors (Lipinski definition) is 2.